The zero-order chi connectivity index (χ0) is 21.9. The lowest BCUT2D eigenvalue weighted by molar-refractivity contribution is 0.104. The Balaban J connectivity index is 1.66. The van der Waals surface area contributed by atoms with Gasteiger partial charge in [0.2, 0.25) is 0 Å². The molecule has 0 aliphatic carbocycles. The summed E-state index contributed by atoms with van der Waals surface area (Å²) < 4.78 is 17.9. The molecule has 0 unspecified atom stereocenters. The third-order valence-corrected chi connectivity index (χ3v) is 4.59. The highest BCUT2D eigenvalue weighted by molar-refractivity contribution is 5.46. The molecule has 0 aliphatic rings. The second-order valence-electron chi connectivity index (χ2n) is 7.68. The second-order valence-corrected chi connectivity index (χ2v) is 7.68. The van der Waals surface area contributed by atoms with Crippen LogP contribution in [0.15, 0.2) is 78.9 Å². The first-order valence-corrected chi connectivity index (χ1v) is 10.6. The number of hydrogen-bond donors (Lipinski definition) is 2. The average Bonchev–Trinajstić information content (AvgIpc) is 2.80. The lowest BCUT2D eigenvalue weighted by Gasteiger charge is -2.17. The van der Waals surface area contributed by atoms with Gasteiger partial charge >= 0.3 is 0 Å². The maximum absolute atomic E-state index is 10.1. The summed E-state index contributed by atoms with van der Waals surface area (Å²) in [4.78, 5) is 0. The Morgan fingerprint density at radius 2 is 1.32 bits per heavy atom. The van der Waals surface area contributed by atoms with Gasteiger partial charge in [0.15, 0.2) is 11.5 Å². The molecule has 0 amide bonds. The molecule has 0 saturated heterocycles. The lowest BCUT2D eigenvalue weighted by Crippen LogP contribution is -2.35. The molecule has 164 valence electrons. The van der Waals surface area contributed by atoms with Crippen molar-refractivity contribution in [3.8, 4) is 17.2 Å². The normalized spacial score (nSPS) is 11.9. The zero-order valence-corrected chi connectivity index (χ0v) is 18.2. The fourth-order valence-corrected chi connectivity index (χ4v) is 2.90. The van der Waals surface area contributed by atoms with Gasteiger partial charge in [-0.25, -0.2) is 0 Å². The predicted octanol–water partition coefficient (Wildman–Crippen LogP) is 4.58. The number of aliphatic hydroxyl groups excluding tert-OH is 1. The van der Waals surface area contributed by atoms with Crippen LogP contribution < -0.4 is 19.5 Å². The number of rotatable bonds is 12. The number of hydrogen-bond acceptors (Lipinski definition) is 5. The quantitative estimate of drug-likeness (QED) is 0.448. The van der Waals surface area contributed by atoms with E-state index < -0.39 is 6.10 Å². The van der Waals surface area contributed by atoms with Gasteiger partial charge in [0.25, 0.3) is 0 Å². The summed E-state index contributed by atoms with van der Waals surface area (Å²) in [6.45, 7) is 5.63. The Hall–Kier alpha value is -3.02. The van der Waals surface area contributed by atoms with Crippen molar-refractivity contribution in [2.75, 3.05) is 13.2 Å². The van der Waals surface area contributed by atoms with Crippen LogP contribution in [0.1, 0.15) is 25.0 Å². The molecule has 0 saturated carbocycles. The van der Waals surface area contributed by atoms with Crippen LogP contribution in [0, 0.1) is 0 Å². The standard InChI is InChI=1S/C26H31NO4/c1-20(2)27-16-23(28)19-29-24-13-14-25(30-17-21-9-5-3-6-10-21)26(15-24)31-18-22-11-7-4-8-12-22/h3-15,20,23,27-28H,16-19H2,1-2H3/t23-/m1/s1. The molecule has 3 rings (SSSR count). The van der Waals surface area contributed by atoms with E-state index in [2.05, 4.69) is 5.32 Å². The van der Waals surface area contributed by atoms with E-state index in [0.717, 1.165) is 11.1 Å². The van der Waals surface area contributed by atoms with Gasteiger partial charge in [-0.2, -0.15) is 0 Å². The molecular formula is C26H31NO4. The Bertz CT molecular complexity index is 900. The third-order valence-electron chi connectivity index (χ3n) is 4.59. The van der Waals surface area contributed by atoms with Gasteiger partial charge < -0.3 is 24.6 Å². The molecule has 0 fully saturated rings. The van der Waals surface area contributed by atoms with E-state index in [4.69, 9.17) is 14.2 Å². The fraction of sp³-hybridized carbons (Fsp3) is 0.308. The van der Waals surface area contributed by atoms with Gasteiger partial charge in [-0.1, -0.05) is 74.5 Å². The predicted molar refractivity (Wildman–Crippen MR) is 123 cm³/mol. The Morgan fingerprint density at radius 3 is 1.90 bits per heavy atom. The van der Waals surface area contributed by atoms with Gasteiger partial charge in [-0.15, -0.1) is 0 Å². The first kappa shape index (κ1) is 22.7. The summed E-state index contributed by atoms with van der Waals surface area (Å²) >= 11 is 0. The van der Waals surface area contributed by atoms with Crippen molar-refractivity contribution < 1.29 is 19.3 Å². The van der Waals surface area contributed by atoms with E-state index in [0.29, 0.717) is 43.0 Å². The van der Waals surface area contributed by atoms with E-state index >= 15 is 0 Å². The van der Waals surface area contributed by atoms with E-state index in [-0.39, 0.29) is 6.61 Å². The lowest BCUT2D eigenvalue weighted by atomic mass is 10.2. The molecule has 0 heterocycles. The first-order valence-electron chi connectivity index (χ1n) is 10.6. The largest absolute Gasteiger partial charge is 0.491 e. The Kier molecular flexibility index (Phi) is 8.76. The highest BCUT2D eigenvalue weighted by Crippen LogP contribution is 2.33. The smallest absolute Gasteiger partial charge is 0.165 e. The van der Waals surface area contributed by atoms with Crippen molar-refractivity contribution in [2.24, 2.45) is 0 Å². The summed E-state index contributed by atoms with van der Waals surface area (Å²) in [6.07, 6.45) is -0.593. The zero-order valence-electron chi connectivity index (χ0n) is 18.2. The molecule has 0 spiro atoms. The van der Waals surface area contributed by atoms with Crippen LogP contribution in [0.25, 0.3) is 0 Å². The summed E-state index contributed by atoms with van der Waals surface area (Å²) in [6, 6.07) is 25.8. The van der Waals surface area contributed by atoms with Crippen LogP contribution in [0.5, 0.6) is 17.2 Å². The third kappa shape index (κ3) is 7.96. The highest BCUT2D eigenvalue weighted by atomic mass is 16.5. The van der Waals surface area contributed by atoms with Crippen molar-refractivity contribution in [1.29, 1.82) is 0 Å². The van der Waals surface area contributed by atoms with E-state index in [1.807, 2.05) is 92.7 Å². The Morgan fingerprint density at radius 1 is 0.742 bits per heavy atom. The summed E-state index contributed by atoms with van der Waals surface area (Å²) in [5.41, 5.74) is 2.15. The van der Waals surface area contributed by atoms with Crippen LogP contribution in [-0.2, 0) is 13.2 Å². The molecule has 1 atom stereocenters. The minimum absolute atomic E-state index is 0.196. The molecule has 3 aromatic rings. The topological polar surface area (TPSA) is 60.0 Å². The van der Waals surface area contributed by atoms with Crippen LogP contribution in [-0.4, -0.2) is 30.4 Å². The fourth-order valence-electron chi connectivity index (χ4n) is 2.90. The summed E-state index contributed by atoms with van der Waals surface area (Å²) in [5.74, 6) is 1.87. The Labute approximate surface area is 184 Å². The van der Waals surface area contributed by atoms with Gasteiger partial charge in [0.05, 0.1) is 0 Å². The molecule has 2 N–H and O–H groups in total. The van der Waals surface area contributed by atoms with Crippen molar-refractivity contribution >= 4 is 0 Å². The van der Waals surface area contributed by atoms with E-state index in [1.54, 1.807) is 0 Å². The summed E-state index contributed by atoms with van der Waals surface area (Å²) in [5, 5.41) is 13.3. The monoisotopic (exact) mass is 421 g/mol. The van der Waals surface area contributed by atoms with Crippen LogP contribution in [0.3, 0.4) is 0 Å². The molecule has 5 heteroatoms. The first-order chi connectivity index (χ1) is 15.1. The van der Waals surface area contributed by atoms with Gasteiger partial charge in [-0.05, 0) is 23.3 Å². The molecule has 0 aliphatic heterocycles. The molecule has 31 heavy (non-hydrogen) atoms. The van der Waals surface area contributed by atoms with Crippen molar-refractivity contribution in [3.05, 3.63) is 90.0 Å². The maximum atomic E-state index is 10.1. The van der Waals surface area contributed by atoms with E-state index in [1.165, 1.54) is 0 Å². The molecular weight excluding hydrogens is 390 g/mol. The van der Waals surface area contributed by atoms with Crippen molar-refractivity contribution in [3.63, 3.8) is 0 Å². The van der Waals surface area contributed by atoms with E-state index in [9.17, 15) is 5.11 Å². The highest BCUT2D eigenvalue weighted by Gasteiger charge is 2.11. The van der Waals surface area contributed by atoms with Crippen LogP contribution in [0.4, 0.5) is 0 Å². The number of nitrogens with one attached hydrogen (secondary N) is 1. The molecule has 0 radical (unpaired) electrons. The van der Waals surface area contributed by atoms with Gasteiger partial charge in [0.1, 0.15) is 31.7 Å². The van der Waals surface area contributed by atoms with Gasteiger partial charge in [0, 0.05) is 18.7 Å². The molecule has 0 bridgehead atoms. The molecule has 3 aromatic carbocycles. The minimum Gasteiger partial charge on any atom is -0.491 e. The van der Waals surface area contributed by atoms with Crippen LogP contribution >= 0.6 is 0 Å². The SMILES string of the molecule is CC(C)NC[C@@H](O)COc1ccc(OCc2ccccc2)c(OCc2ccccc2)c1. The number of ether oxygens (including phenoxy) is 3. The minimum atomic E-state index is -0.593. The van der Waals surface area contributed by atoms with Crippen LogP contribution in [0.2, 0.25) is 0 Å². The second kappa shape index (κ2) is 12.0. The van der Waals surface area contributed by atoms with Gasteiger partial charge in [-0.3, -0.25) is 0 Å². The summed E-state index contributed by atoms with van der Waals surface area (Å²) in [7, 11) is 0. The number of aliphatic hydroxyl groups is 1. The van der Waals surface area contributed by atoms with Crippen molar-refractivity contribution in [1.82, 2.24) is 5.32 Å². The molecule has 5 nitrogen and oxygen atoms in total. The number of benzene rings is 3. The average molecular weight is 422 g/mol. The van der Waals surface area contributed by atoms with Crippen molar-refractivity contribution in [2.45, 2.75) is 39.2 Å². The maximum Gasteiger partial charge on any atom is 0.165 e. The molecule has 0 aromatic heterocycles.